The van der Waals surface area contributed by atoms with Crippen molar-refractivity contribution in [3.05, 3.63) is 59.7 Å². The summed E-state index contributed by atoms with van der Waals surface area (Å²) in [7, 11) is -2.64. The van der Waals surface area contributed by atoms with Gasteiger partial charge in [0.15, 0.2) is 6.61 Å². The minimum atomic E-state index is -4.59. The van der Waals surface area contributed by atoms with E-state index in [0.717, 1.165) is 15.9 Å². The Morgan fingerprint density at radius 2 is 1.73 bits per heavy atom. The van der Waals surface area contributed by atoms with E-state index < -0.39 is 41.2 Å². The highest BCUT2D eigenvalue weighted by atomic mass is 32.2. The van der Waals surface area contributed by atoms with Crippen LogP contribution in [0.25, 0.3) is 0 Å². The van der Waals surface area contributed by atoms with E-state index in [1.165, 1.54) is 25.2 Å². The fourth-order valence-corrected chi connectivity index (χ4v) is 3.54. The van der Waals surface area contributed by atoms with Gasteiger partial charge in [0.25, 0.3) is 15.9 Å². The van der Waals surface area contributed by atoms with E-state index in [-0.39, 0.29) is 10.5 Å². The van der Waals surface area contributed by atoms with Crippen molar-refractivity contribution < 1.29 is 35.9 Å². The van der Waals surface area contributed by atoms with E-state index in [1.54, 1.807) is 29.6 Å². The van der Waals surface area contributed by atoms with Gasteiger partial charge < -0.3 is 10.1 Å². The summed E-state index contributed by atoms with van der Waals surface area (Å²) >= 11 is 0. The van der Waals surface area contributed by atoms with Crippen LogP contribution in [0.3, 0.4) is 0 Å². The normalized spacial score (nSPS) is 11.6. The van der Waals surface area contributed by atoms with Gasteiger partial charge in [-0.3, -0.25) is 9.10 Å². The van der Waals surface area contributed by atoms with Gasteiger partial charge in [-0.2, -0.15) is 13.2 Å². The number of nitrogens with zero attached hydrogens (tertiary/aromatic N) is 1. The van der Waals surface area contributed by atoms with Crippen LogP contribution in [-0.2, 0) is 19.6 Å². The molecule has 0 aliphatic heterocycles. The molecule has 0 aromatic heterocycles. The first-order valence-electron chi connectivity index (χ1n) is 8.56. The number of hydrogen-bond acceptors (Lipinski definition) is 5. The van der Waals surface area contributed by atoms with Crippen LogP contribution in [0.2, 0.25) is 0 Å². The summed E-state index contributed by atoms with van der Waals surface area (Å²) in [5.41, 5.74) is 1.19. The van der Waals surface area contributed by atoms with Gasteiger partial charge in [-0.15, -0.1) is 0 Å². The predicted octanol–water partition coefficient (Wildman–Crippen LogP) is 2.66. The number of hydrogen-bond donors (Lipinski definition) is 1. The lowest BCUT2D eigenvalue weighted by atomic mass is 10.2. The molecule has 2 rings (SSSR count). The van der Waals surface area contributed by atoms with E-state index in [0.29, 0.717) is 5.69 Å². The van der Waals surface area contributed by atoms with E-state index in [4.69, 9.17) is 0 Å². The molecule has 11 heteroatoms. The number of ether oxygens (including phenoxy) is 1. The predicted molar refractivity (Wildman–Crippen MR) is 103 cm³/mol. The van der Waals surface area contributed by atoms with Gasteiger partial charge in [0, 0.05) is 7.05 Å². The average molecular weight is 444 g/mol. The molecule has 0 unspecified atom stereocenters. The third-order valence-electron chi connectivity index (χ3n) is 3.95. The van der Waals surface area contributed by atoms with Crippen LogP contribution in [0.4, 0.5) is 18.9 Å². The van der Waals surface area contributed by atoms with Crippen LogP contribution in [-0.4, -0.2) is 46.7 Å². The van der Waals surface area contributed by atoms with Crippen LogP contribution in [0, 0.1) is 6.92 Å². The van der Waals surface area contributed by atoms with E-state index >= 15 is 0 Å². The summed E-state index contributed by atoms with van der Waals surface area (Å²) in [6.45, 7) is -0.631. The number of alkyl halides is 3. The van der Waals surface area contributed by atoms with Crippen LogP contribution in [0.15, 0.2) is 53.4 Å². The summed E-state index contributed by atoms with van der Waals surface area (Å²) in [4.78, 5) is 23.2. The number of esters is 1. The lowest BCUT2D eigenvalue weighted by Gasteiger charge is -2.20. The number of sulfonamides is 1. The SMILES string of the molecule is Cc1ccc(N(C)S(=O)(=O)c2cccc(C(=O)OCC(=O)NCC(F)(F)F)c2)cc1. The van der Waals surface area contributed by atoms with Gasteiger partial charge >= 0.3 is 12.1 Å². The van der Waals surface area contributed by atoms with Crippen molar-refractivity contribution in [2.24, 2.45) is 0 Å². The first-order chi connectivity index (χ1) is 13.9. The zero-order valence-corrected chi connectivity index (χ0v) is 16.9. The molecule has 2 aromatic rings. The summed E-state index contributed by atoms with van der Waals surface area (Å²) in [6.07, 6.45) is -4.59. The summed E-state index contributed by atoms with van der Waals surface area (Å²) in [5.74, 6) is -2.18. The number of halogens is 3. The maximum absolute atomic E-state index is 12.8. The van der Waals surface area contributed by atoms with E-state index in [9.17, 15) is 31.2 Å². The number of anilines is 1. The molecular weight excluding hydrogens is 425 g/mol. The number of aryl methyl sites for hydroxylation is 1. The standard InChI is InChI=1S/C19H19F3N2O5S/c1-13-6-8-15(9-7-13)24(2)30(27,28)16-5-3-4-14(10-16)18(26)29-11-17(25)23-12-19(20,21)22/h3-10H,11-12H2,1-2H3,(H,23,25). The zero-order chi connectivity index (χ0) is 22.5. The second-order valence-corrected chi connectivity index (χ2v) is 8.27. The minimum absolute atomic E-state index is 0.169. The largest absolute Gasteiger partial charge is 0.452 e. The molecule has 0 radical (unpaired) electrons. The van der Waals surface area contributed by atoms with Gasteiger partial charge in [-0.1, -0.05) is 23.8 Å². The van der Waals surface area contributed by atoms with Gasteiger partial charge in [0.05, 0.1) is 16.1 Å². The maximum atomic E-state index is 12.8. The highest BCUT2D eigenvalue weighted by molar-refractivity contribution is 7.92. The lowest BCUT2D eigenvalue weighted by molar-refractivity contribution is -0.140. The van der Waals surface area contributed by atoms with Gasteiger partial charge in [-0.25, -0.2) is 13.2 Å². The average Bonchev–Trinajstić information content (AvgIpc) is 2.70. The molecule has 1 N–H and O–H groups in total. The van der Waals surface area contributed by atoms with Crippen molar-refractivity contribution in [3.63, 3.8) is 0 Å². The van der Waals surface area contributed by atoms with E-state index in [2.05, 4.69) is 4.74 Å². The Morgan fingerprint density at radius 1 is 1.10 bits per heavy atom. The van der Waals surface area contributed by atoms with Crippen LogP contribution in [0.1, 0.15) is 15.9 Å². The first-order valence-corrected chi connectivity index (χ1v) is 10.0. The van der Waals surface area contributed by atoms with Crippen molar-refractivity contribution in [2.45, 2.75) is 18.0 Å². The molecule has 0 fully saturated rings. The second-order valence-electron chi connectivity index (χ2n) is 6.30. The number of rotatable bonds is 7. The first kappa shape index (κ1) is 23.2. The molecule has 2 aromatic carbocycles. The fraction of sp³-hybridized carbons (Fsp3) is 0.263. The molecule has 7 nitrogen and oxygen atoms in total. The van der Waals surface area contributed by atoms with Gasteiger partial charge in [0.1, 0.15) is 6.54 Å². The minimum Gasteiger partial charge on any atom is -0.452 e. The number of amides is 1. The van der Waals surface area contributed by atoms with Gasteiger partial charge in [0.2, 0.25) is 0 Å². The van der Waals surface area contributed by atoms with Crippen molar-refractivity contribution in [1.82, 2.24) is 5.32 Å². The van der Waals surface area contributed by atoms with E-state index in [1.807, 2.05) is 6.92 Å². The second kappa shape index (κ2) is 9.16. The molecule has 0 heterocycles. The molecule has 1 amide bonds. The zero-order valence-electron chi connectivity index (χ0n) is 16.1. The Labute approximate surface area is 171 Å². The fourth-order valence-electron chi connectivity index (χ4n) is 2.30. The topological polar surface area (TPSA) is 92.8 Å². The molecule has 0 bridgehead atoms. The Kier molecular flexibility index (Phi) is 7.08. The molecule has 0 saturated heterocycles. The Balaban J connectivity index is 2.10. The Hall–Kier alpha value is -3.08. The van der Waals surface area contributed by atoms with Crippen molar-refractivity contribution >= 4 is 27.6 Å². The van der Waals surface area contributed by atoms with Gasteiger partial charge in [-0.05, 0) is 37.3 Å². The number of carbonyl (C=O) groups excluding carboxylic acids is 2. The highest BCUT2D eigenvalue weighted by Crippen LogP contribution is 2.23. The van der Waals surface area contributed by atoms with Crippen molar-refractivity contribution in [3.8, 4) is 0 Å². The van der Waals surface area contributed by atoms with Crippen LogP contribution >= 0.6 is 0 Å². The molecule has 0 spiro atoms. The molecule has 0 atom stereocenters. The maximum Gasteiger partial charge on any atom is 0.405 e. The van der Waals surface area contributed by atoms with Crippen LogP contribution in [0.5, 0.6) is 0 Å². The Morgan fingerprint density at radius 3 is 2.33 bits per heavy atom. The third-order valence-corrected chi connectivity index (χ3v) is 5.73. The van der Waals surface area contributed by atoms with Crippen molar-refractivity contribution in [1.29, 1.82) is 0 Å². The van der Waals surface area contributed by atoms with Crippen molar-refractivity contribution in [2.75, 3.05) is 24.5 Å². The monoisotopic (exact) mass is 444 g/mol. The summed E-state index contributed by atoms with van der Waals surface area (Å²) in [5, 5.41) is 1.56. The quantitative estimate of drug-likeness (QED) is 0.663. The summed E-state index contributed by atoms with van der Waals surface area (Å²) < 4.78 is 67.6. The molecule has 30 heavy (non-hydrogen) atoms. The van der Waals surface area contributed by atoms with Crippen LogP contribution < -0.4 is 9.62 Å². The number of benzene rings is 2. The molecule has 0 aliphatic carbocycles. The molecular formula is C19H19F3N2O5S. The molecule has 0 aliphatic rings. The number of carbonyl (C=O) groups is 2. The molecule has 162 valence electrons. The third kappa shape index (κ3) is 6.21. The smallest absolute Gasteiger partial charge is 0.405 e. The summed E-state index contributed by atoms with van der Waals surface area (Å²) in [6, 6.07) is 11.7. The molecule has 0 saturated carbocycles. The lowest BCUT2D eigenvalue weighted by Crippen LogP contribution is -2.36. The Bertz CT molecular complexity index is 1020. The number of nitrogens with one attached hydrogen (secondary N) is 1. The highest BCUT2D eigenvalue weighted by Gasteiger charge is 2.28.